The molecule has 0 heterocycles. The van der Waals surface area contributed by atoms with Crippen molar-refractivity contribution in [1.29, 1.82) is 0 Å². The van der Waals surface area contributed by atoms with Crippen LogP contribution in [-0.4, -0.2) is 20.4 Å². The first-order valence-corrected chi connectivity index (χ1v) is 9.31. The summed E-state index contributed by atoms with van der Waals surface area (Å²) in [5, 5.41) is 8.16. The third-order valence-corrected chi connectivity index (χ3v) is 5.87. The van der Waals surface area contributed by atoms with Crippen LogP contribution in [0.1, 0.15) is 36.0 Å². The highest BCUT2D eigenvalue weighted by molar-refractivity contribution is 9.10. The monoisotopic (exact) mass is 372 g/mol. The Balaban J connectivity index is 1.80. The Morgan fingerprint density at radius 1 is 1.24 bits per heavy atom. The minimum Gasteiger partial charge on any atom is -0.349 e. The Morgan fingerprint density at radius 3 is 2.57 bits per heavy atom. The molecule has 0 saturated heterocycles. The van der Waals surface area contributed by atoms with Crippen LogP contribution in [0.25, 0.3) is 0 Å². The predicted molar refractivity (Wildman–Crippen MR) is 82.2 cm³/mol. The molecule has 0 spiro atoms. The van der Waals surface area contributed by atoms with Gasteiger partial charge in [0.25, 0.3) is 5.91 Å². The molecule has 1 amide bonds. The van der Waals surface area contributed by atoms with Gasteiger partial charge in [-0.1, -0.05) is 22.4 Å². The van der Waals surface area contributed by atoms with Crippen molar-refractivity contribution in [2.45, 2.75) is 36.6 Å². The summed E-state index contributed by atoms with van der Waals surface area (Å²) in [4.78, 5) is 12.3. The average molecular weight is 373 g/mol. The van der Waals surface area contributed by atoms with E-state index in [1.807, 2.05) is 0 Å². The number of hydrogen-bond donors (Lipinski definition) is 2. The molecule has 1 aromatic rings. The summed E-state index contributed by atoms with van der Waals surface area (Å²) in [5.41, 5.74) is 0.316. The maximum absolute atomic E-state index is 12.3. The molecule has 1 aromatic carbocycles. The highest BCUT2D eigenvalue weighted by Gasteiger charge is 2.40. The lowest BCUT2D eigenvalue weighted by atomic mass is 9.95. The van der Waals surface area contributed by atoms with E-state index in [0.29, 0.717) is 16.0 Å². The van der Waals surface area contributed by atoms with E-state index in [9.17, 15) is 13.2 Å². The molecule has 2 aliphatic rings. The van der Waals surface area contributed by atoms with Crippen LogP contribution in [0.2, 0.25) is 0 Å². The molecule has 3 N–H and O–H groups in total. The zero-order chi connectivity index (χ0) is 15.2. The van der Waals surface area contributed by atoms with Crippen LogP contribution in [0.15, 0.2) is 27.6 Å². The van der Waals surface area contributed by atoms with E-state index in [2.05, 4.69) is 21.2 Å². The van der Waals surface area contributed by atoms with Gasteiger partial charge in [-0.3, -0.25) is 4.79 Å². The van der Waals surface area contributed by atoms with Gasteiger partial charge in [0.2, 0.25) is 10.0 Å². The molecule has 0 aromatic heterocycles. The highest BCUT2D eigenvalue weighted by atomic mass is 79.9. The Morgan fingerprint density at radius 2 is 2.00 bits per heavy atom. The predicted octanol–water partition coefficient (Wildman–Crippen LogP) is 2.01. The molecule has 21 heavy (non-hydrogen) atoms. The van der Waals surface area contributed by atoms with Crippen molar-refractivity contribution >= 4 is 31.9 Å². The zero-order valence-corrected chi connectivity index (χ0v) is 13.8. The van der Waals surface area contributed by atoms with Crippen LogP contribution in [0.4, 0.5) is 0 Å². The van der Waals surface area contributed by atoms with E-state index in [4.69, 9.17) is 5.14 Å². The van der Waals surface area contributed by atoms with Crippen molar-refractivity contribution in [2.75, 3.05) is 0 Å². The second kappa shape index (κ2) is 5.37. The summed E-state index contributed by atoms with van der Waals surface area (Å²) in [6, 6.07) is 4.54. The number of rotatable bonds is 3. The number of halogens is 1. The molecule has 3 atom stereocenters. The first-order chi connectivity index (χ1) is 9.83. The Labute approximate surface area is 132 Å². The van der Waals surface area contributed by atoms with Crippen molar-refractivity contribution in [3.63, 3.8) is 0 Å². The summed E-state index contributed by atoms with van der Waals surface area (Å²) in [5.74, 6) is 1.07. The van der Waals surface area contributed by atoms with E-state index in [1.54, 1.807) is 6.07 Å². The summed E-state index contributed by atoms with van der Waals surface area (Å²) in [7, 11) is -3.83. The molecule has 114 valence electrons. The lowest BCUT2D eigenvalue weighted by molar-refractivity contribution is 0.0922. The second-order valence-electron chi connectivity index (χ2n) is 5.98. The van der Waals surface area contributed by atoms with Gasteiger partial charge >= 0.3 is 0 Å². The fraction of sp³-hybridized carbons (Fsp3) is 0.500. The van der Waals surface area contributed by atoms with Crippen LogP contribution in [0.5, 0.6) is 0 Å². The maximum atomic E-state index is 12.3. The van der Waals surface area contributed by atoms with E-state index in [1.165, 1.54) is 31.4 Å². The molecule has 2 aliphatic carbocycles. The first-order valence-electron chi connectivity index (χ1n) is 6.97. The Kier molecular flexibility index (Phi) is 3.83. The highest BCUT2D eigenvalue weighted by Crippen LogP contribution is 2.44. The van der Waals surface area contributed by atoms with Gasteiger partial charge in [-0.15, -0.1) is 0 Å². The number of fused-ring (bicyclic) bond motifs is 2. The standard InChI is InChI=1S/C14H17BrN2O3S/c15-11-5-10(6-12(7-11)21(16,19)20)14(18)17-13-4-8-1-2-9(13)3-8/h5-9,13H,1-4H2,(H,17,18)(H2,16,19,20). The number of sulfonamides is 1. The van der Waals surface area contributed by atoms with E-state index >= 15 is 0 Å². The fourth-order valence-electron chi connectivity index (χ4n) is 3.53. The normalized spacial score (nSPS) is 27.8. The number of benzene rings is 1. The molecule has 2 fully saturated rings. The third kappa shape index (κ3) is 3.14. The van der Waals surface area contributed by atoms with Crippen molar-refractivity contribution in [3.8, 4) is 0 Å². The number of carbonyl (C=O) groups excluding carboxylic acids is 1. The van der Waals surface area contributed by atoms with Gasteiger partial charge in [-0.2, -0.15) is 0 Å². The number of primary sulfonamides is 1. The summed E-state index contributed by atoms with van der Waals surface area (Å²) in [6.45, 7) is 0. The molecule has 7 heteroatoms. The number of carbonyl (C=O) groups is 1. The molecule has 0 aliphatic heterocycles. The number of nitrogens with two attached hydrogens (primary N) is 1. The molecule has 3 unspecified atom stereocenters. The van der Waals surface area contributed by atoms with Crippen LogP contribution in [0, 0.1) is 11.8 Å². The largest absolute Gasteiger partial charge is 0.349 e. The summed E-state index contributed by atoms with van der Waals surface area (Å²) < 4.78 is 23.4. The number of amides is 1. The van der Waals surface area contributed by atoms with E-state index in [-0.39, 0.29) is 16.8 Å². The lowest BCUT2D eigenvalue weighted by Crippen LogP contribution is -2.38. The number of nitrogens with one attached hydrogen (secondary N) is 1. The first kappa shape index (κ1) is 15.0. The van der Waals surface area contributed by atoms with Gasteiger partial charge in [0, 0.05) is 16.1 Å². The molecule has 2 bridgehead atoms. The lowest BCUT2D eigenvalue weighted by Gasteiger charge is -2.23. The summed E-state index contributed by atoms with van der Waals surface area (Å²) >= 11 is 3.22. The molecule has 0 radical (unpaired) electrons. The van der Waals surface area contributed by atoms with Crippen molar-refractivity contribution in [2.24, 2.45) is 17.0 Å². The molecule has 2 saturated carbocycles. The molecular weight excluding hydrogens is 356 g/mol. The minimum absolute atomic E-state index is 0.0602. The summed E-state index contributed by atoms with van der Waals surface area (Å²) in [6.07, 6.45) is 4.68. The van der Waals surface area contributed by atoms with Crippen molar-refractivity contribution < 1.29 is 13.2 Å². The van der Waals surface area contributed by atoms with Gasteiger partial charge < -0.3 is 5.32 Å². The second-order valence-corrected chi connectivity index (χ2v) is 8.45. The quantitative estimate of drug-likeness (QED) is 0.850. The van der Waals surface area contributed by atoms with E-state index < -0.39 is 10.0 Å². The molecular formula is C14H17BrN2O3S. The van der Waals surface area contributed by atoms with E-state index in [0.717, 1.165) is 12.3 Å². The minimum atomic E-state index is -3.83. The van der Waals surface area contributed by atoms with Crippen LogP contribution >= 0.6 is 15.9 Å². The Bertz CT molecular complexity index is 689. The fourth-order valence-corrected chi connectivity index (χ4v) is 4.76. The van der Waals surface area contributed by atoms with Crippen LogP contribution < -0.4 is 10.5 Å². The van der Waals surface area contributed by atoms with Gasteiger partial charge in [0.05, 0.1) is 4.90 Å². The van der Waals surface area contributed by atoms with Crippen molar-refractivity contribution in [1.82, 2.24) is 5.32 Å². The van der Waals surface area contributed by atoms with Crippen LogP contribution in [0.3, 0.4) is 0 Å². The van der Waals surface area contributed by atoms with Gasteiger partial charge in [-0.25, -0.2) is 13.6 Å². The molecule has 5 nitrogen and oxygen atoms in total. The van der Waals surface area contributed by atoms with Crippen LogP contribution in [-0.2, 0) is 10.0 Å². The van der Waals surface area contributed by atoms with Gasteiger partial charge in [-0.05, 0) is 49.3 Å². The maximum Gasteiger partial charge on any atom is 0.251 e. The zero-order valence-electron chi connectivity index (χ0n) is 11.4. The topological polar surface area (TPSA) is 89.3 Å². The molecule has 3 rings (SSSR count). The van der Waals surface area contributed by atoms with Gasteiger partial charge in [0.15, 0.2) is 0 Å². The van der Waals surface area contributed by atoms with Gasteiger partial charge in [0.1, 0.15) is 0 Å². The Hall–Kier alpha value is -0.920. The SMILES string of the molecule is NS(=O)(=O)c1cc(Br)cc(C(=O)NC2CC3CCC2C3)c1. The van der Waals surface area contributed by atoms with Crippen molar-refractivity contribution in [3.05, 3.63) is 28.2 Å². The third-order valence-electron chi connectivity index (χ3n) is 4.52. The number of hydrogen-bond acceptors (Lipinski definition) is 3. The average Bonchev–Trinajstić information content (AvgIpc) is 2.99. The smallest absolute Gasteiger partial charge is 0.251 e.